The normalized spacial score (nSPS) is 11.9. The number of aromatic nitrogens is 1. The lowest BCUT2D eigenvalue weighted by atomic mass is 9.84. The quantitative estimate of drug-likeness (QED) is 0.628. The van der Waals surface area contributed by atoms with E-state index in [1.54, 1.807) is 12.5 Å². The molecule has 0 unspecified atom stereocenters. The molecule has 0 N–H and O–H groups in total. The number of rotatable bonds is 2. The van der Waals surface area contributed by atoms with Crippen LogP contribution in [-0.4, -0.2) is 5.16 Å². The lowest BCUT2D eigenvalue weighted by Crippen LogP contribution is -2.13. The van der Waals surface area contributed by atoms with Crippen molar-refractivity contribution in [2.45, 2.75) is 32.6 Å². The van der Waals surface area contributed by atoms with Gasteiger partial charge in [-0.2, -0.15) is 0 Å². The molecular formula is C8H13NO. The SMILES string of the molecule is CCC(C)(C)c1cnoc1. The molecule has 2 nitrogen and oxygen atoms in total. The number of hydrogen-bond acceptors (Lipinski definition) is 2. The third-order valence-corrected chi connectivity index (χ3v) is 2.10. The van der Waals surface area contributed by atoms with Gasteiger partial charge in [0.15, 0.2) is 0 Å². The third kappa shape index (κ3) is 1.20. The van der Waals surface area contributed by atoms with E-state index >= 15 is 0 Å². The average Bonchev–Trinajstić information content (AvgIpc) is 2.38. The Labute approximate surface area is 61.2 Å². The fourth-order valence-electron chi connectivity index (χ4n) is 0.743. The van der Waals surface area contributed by atoms with E-state index in [2.05, 4.69) is 25.9 Å². The molecule has 0 aromatic carbocycles. The van der Waals surface area contributed by atoms with E-state index in [0.29, 0.717) is 0 Å². The molecule has 1 aromatic heterocycles. The smallest absolute Gasteiger partial charge is 0.127 e. The predicted octanol–water partition coefficient (Wildman–Crippen LogP) is 2.36. The Morgan fingerprint density at radius 2 is 2.30 bits per heavy atom. The Kier molecular flexibility index (Phi) is 1.79. The maximum atomic E-state index is 4.75. The number of hydrogen-bond donors (Lipinski definition) is 0. The minimum Gasteiger partial charge on any atom is -0.364 e. The van der Waals surface area contributed by atoms with E-state index in [0.717, 1.165) is 6.42 Å². The van der Waals surface area contributed by atoms with Crippen molar-refractivity contribution in [3.05, 3.63) is 18.0 Å². The van der Waals surface area contributed by atoms with E-state index in [-0.39, 0.29) is 5.41 Å². The fraction of sp³-hybridized carbons (Fsp3) is 0.625. The van der Waals surface area contributed by atoms with Gasteiger partial charge >= 0.3 is 0 Å². The summed E-state index contributed by atoms with van der Waals surface area (Å²) >= 11 is 0. The van der Waals surface area contributed by atoms with Crippen LogP contribution < -0.4 is 0 Å². The van der Waals surface area contributed by atoms with Crippen LogP contribution in [-0.2, 0) is 5.41 Å². The van der Waals surface area contributed by atoms with Gasteiger partial charge in [-0.25, -0.2) is 0 Å². The first-order valence-electron chi connectivity index (χ1n) is 3.56. The molecule has 10 heavy (non-hydrogen) atoms. The average molecular weight is 139 g/mol. The van der Waals surface area contributed by atoms with Crippen LogP contribution in [0.25, 0.3) is 0 Å². The van der Waals surface area contributed by atoms with E-state index in [4.69, 9.17) is 4.52 Å². The molecule has 0 aliphatic heterocycles. The second-order valence-corrected chi connectivity index (χ2v) is 3.15. The standard InChI is InChI=1S/C8H13NO/c1-4-8(2,3)7-5-9-10-6-7/h5-6H,4H2,1-3H3. The monoisotopic (exact) mass is 139 g/mol. The lowest BCUT2D eigenvalue weighted by Gasteiger charge is -2.19. The summed E-state index contributed by atoms with van der Waals surface area (Å²) in [7, 11) is 0. The zero-order chi connectivity index (χ0) is 7.61. The van der Waals surface area contributed by atoms with E-state index in [1.807, 2.05) is 0 Å². The Morgan fingerprint density at radius 3 is 2.70 bits per heavy atom. The van der Waals surface area contributed by atoms with Crippen molar-refractivity contribution in [2.24, 2.45) is 0 Å². The second-order valence-electron chi connectivity index (χ2n) is 3.15. The van der Waals surface area contributed by atoms with Gasteiger partial charge < -0.3 is 4.52 Å². The summed E-state index contributed by atoms with van der Waals surface area (Å²) in [5.74, 6) is 0. The summed E-state index contributed by atoms with van der Waals surface area (Å²) in [4.78, 5) is 0. The highest BCUT2D eigenvalue weighted by molar-refractivity contribution is 5.13. The molecule has 0 amide bonds. The van der Waals surface area contributed by atoms with Crippen molar-refractivity contribution in [3.63, 3.8) is 0 Å². The highest BCUT2D eigenvalue weighted by Crippen LogP contribution is 2.25. The molecule has 0 aliphatic rings. The Morgan fingerprint density at radius 1 is 1.60 bits per heavy atom. The van der Waals surface area contributed by atoms with Crippen LogP contribution in [0, 0.1) is 0 Å². The molecule has 0 saturated heterocycles. The highest BCUT2D eigenvalue weighted by Gasteiger charge is 2.19. The van der Waals surface area contributed by atoms with Crippen molar-refractivity contribution >= 4 is 0 Å². The molecule has 1 aromatic rings. The zero-order valence-corrected chi connectivity index (χ0v) is 6.72. The van der Waals surface area contributed by atoms with Crippen LogP contribution in [0.2, 0.25) is 0 Å². The van der Waals surface area contributed by atoms with Crippen LogP contribution in [0.15, 0.2) is 17.0 Å². The van der Waals surface area contributed by atoms with Gasteiger partial charge in [-0.15, -0.1) is 0 Å². The van der Waals surface area contributed by atoms with Gasteiger partial charge in [-0.05, 0) is 11.8 Å². The maximum Gasteiger partial charge on any atom is 0.127 e. The van der Waals surface area contributed by atoms with Gasteiger partial charge in [0.05, 0.1) is 6.20 Å². The van der Waals surface area contributed by atoms with Gasteiger partial charge in [0.25, 0.3) is 0 Å². The van der Waals surface area contributed by atoms with Crippen molar-refractivity contribution < 1.29 is 4.52 Å². The van der Waals surface area contributed by atoms with Crippen LogP contribution in [0.1, 0.15) is 32.8 Å². The van der Waals surface area contributed by atoms with E-state index < -0.39 is 0 Å². The summed E-state index contributed by atoms with van der Waals surface area (Å²) in [6.45, 7) is 6.52. The molecule has 0 spiro atoms. The summed E-state index contributed by atoms with van der Waals surface area (Å²) in [6.07, 6.45) is 4.60. The van der Waals surface area contributed by atoms with Crippen LogP contribution in [0.3, 0.4) is 0 Å². The van der Waals surface area contributed by atoms with E-state index in [9.17, 15) is 0 Å². The Bertz CT molecular complexity index is 189. The van der Waals surface area contributed by atoms with Gasteiger partial charge in [0.1, 0.15) is 6.26 Å². The first-order chi connectivity index (χ1) is 4.67. The molecule has 0 radical (unpaired) electrons. The maximum absolute atomic E-state index is 4.75. The van der Waals surface area contributed by atoms with Crippen molar-refractivity contribution in [2.75, 3.05) is 0 Å². The minimum atomic E-state index is 0.208. The second kappa shape index (κ2) is 2.45. The zero-order valence-electron chi connectivity index (χ0n) is 6.72. The highest BCUT2D eigenvalue weighted by atomic mass is 16.5. The Hall–Kier alpha value is -0.790. The molecule has 0 saturated carbocycles. The van der Waals surface area contributed by atoms with Gasteiger partial charge in [0, 0.05) is 5.56 Å². The van der Waals surface area contributed by atoms with Gasteiger partial charge in [-0.3, -0.25) is 0 Å². The molecule has 56 valence electrons. The number of nitrogens with zero attached hydrogens (tertiary/aromatic N) is 1. The predicted molar refractivity (Wildman–Crippen MR) is 39.8 cm³/mol. The van der Waals surface area contributed by atoms with Crippen LogP contribution >= 0.6 is 0 Å². The summed E-state index contributed by atoms with van der Waals surface area (Å²) in [6, 6.07) is 0. The molecule has 0 atom stereocenters. The molecule has 2 heteroatoms. The molecule has 1 heterocycles. The van der Waals surface area contributed by atoms with Crippen molar-refractivity contribution in [1.82, 2.24) is 5.16 Å². The molecule has 0 bridgehead atoms. The first-order valence-corrected chi connectivity index (χ1v) is 3.56. The summed E-state index contributed by atoms with van der Waals surface area (Å²) in [5.41, 5.74) is 1.38. The minimum absolute atomic E-state index is 0.208. The van der Waals surface area contributed by atoms with E-state index in [1.165, 1.54) is 5.56 Å². The largest absolute Gasteiger partial charge is 0.364 e. The fourth-order valence-corrected chi connectivity index (χ4v) is 0.743. The van der Waals surface area contributed by atoms with Gasteiger partial charge in [0.2, 0.25) is 0 Å². The van der Waals surface area contributed by atoms with Crippen LogP contribution in [0.4, 0.5) is 0 Å². The first kappa shape index (κ1) is 7.32. The molecule has 1 rings (SSSR count). The molecular weight excluding hydrogens is 126 g/mol. The molecule has 0 fully saturated rings. The summed E-state index contributed by atoms with van der Waals surface area (Å²) < 4.78 is 4.75. The summed E-state index contributed by atoms with van der Waals surface area (Å²) in [5, 5.41) is 3.66. The van der Waals surface area contributed by atoms with Crippen molar-refractivity contribution in [1.29, 1.82) is 0 Å². The van der Waals surface area contributed by atoms with Gasteiger partial charge in [-0.1, -0.05) is 25.9 Å². The Balaban J connectivity index is 2.85. The van der Waals surface area contributed by atoms with Crippen LogP contribution in [0.5, 0.6) is 0 Å². The third-order valence-electron chi connectivity index (χ3n) is 2.10. The molecule has 0 aliphatic carbocycles. The van der Waals surface area contributed by atoms with Crippen molar-refractivity contribution in [3.8, 4) is 0 Å². The topological polar surface area (TPSA) is 26.0 Å². The lowest BCUT2D eigenvalue weighted by molar-refractivity contribution is 0.414.